The van der Waals surface area contributed by atoms with Crippen molar-refractivity contribution in [2.75, 3.05) is 23.9 Å². The van der Waals surface area contributed by atoms with Crippen LogP contribution in [0.15, 0.2) is 24.3 Å². The molecule has 15 heavy (non-hydrogen) atoms. The summed E-state index contributed by atoms with van der Waals surface area (Å²) in [5, 5.41) is 0. The quantitative estimate of drug-likeness (QED) is 0.621. The van der Waals surface area contributed by atoms with Crippen LogP contribution >= 0.6 is 12.2 Å². The van der Waals surface area contributed by atoms with Crippen molar-refractivity contribution in [1.82, 2.24) is 0 Å². The van der Waals surface area contributed by atoms with E-state index in [0.29, 0.717) is 6.04 Å². The van der Waals surface area contributed by atoms with E-state index in [1.165, 1.54) is 11.4 Å². The number of para-hydroxylation sites is 2. The Labute approximate surface area is 96.5 Å². The van der Waals surface area contributed by atoms with Crippen molar-refractivity contribution in [1.29, 1.82) is 0 Å². The number of anilines is 2. The van der Waals surface area contributed by atoms with Crippen molar-refractivity contribution in [2.45, 2.75) is 19.4 Å². The molecule has 0 saturated carbocycles. The van der Waals surface area contributed by atoms with Crippen molar-refractivity contribution < 1.29 is 0 Å². The summed E-state index contributed by atoms with van der Waals surface area (Å²) in [6.45, 7) is 2.21. The highest BCUT2D eigenvalue weighted by Gasteiger charge is 2.23. The molecule has 0 N–H and O–H groups in total. The van der Waals surface area contributed by atoms with Gasteiger partial charge in [-0.15, -0.1) is 0 Å². The second-order valence-electron chi connectivity index (χ2n) is 4.11. The molecule has 2 rings (SSSR count). The molecular formula is C12H16N2S. The summed E-state index contributed by atoms with van der Waals surface area (Å²) in [4.78, 5) is 5.43. The first-order valence-electron chi connectivity index (χ1n) is 5.19. The fraction of sp³-hybridized carbons (Fsp3) is 0.417. The molecule has 0 spiro atoms. The van der Waals surface area contributed by atoms with Crippen LogP contribution in [-0.2, 0) is 0 Å². The van der Waals surface area contributed by atoms with Gasteiger partial charge in [0.25, 0.3) is 0 Å². The van der Waals surface area contributed by atoms with Crippen molar-refractivity contribution >= 4 is 28.6 Å². The van der Waals surface area contributed by atoms with Crippen LogP contribution in [-0.4, -0.2) is 25.1 Å². The molecule has 80 valence electrons. The maximum absolute atomic E-state index is 5.42. The minimum atomic E-state index is 0.462. The van der Waals surface area contributed by atoms with Gasteiger partial charge in [-0.1, -0.05) is 24.4 Å². The number of rotatable bonds is 0. The number of hydrogen-bond acceptors (Lipinski definition) is 2. The van der Waals surface area contributed by atoms with Gasteiger partial charge in [-0.05, 0) is 19.1 Å². The Morgan fingerprint density at radius 2 is 1.80 bits per heavy atom. The van der Waals surface area contributed by atoms with Crippen LogP contribution in [0, 0.1) is 0 Å². The molecule has 0 aliphatic carbocycles. The predicted octanol–water partition coefficient (Wildman–Crippen LogP) is 2.68. The van der Waals surface area contributed by atoms with E-state index in [9.17, 15) is 0 Å². The number of fused-ring (bicyclic) bond motifs is 1. The van der Waals surface area contributed by atoms with Gasteiger partial charge in [0.2, 0.25) is 0 Å². The molecule has 0 bridgehead atoms. The molecule has 0 aromatic heterocycles. The summed E-state index contributed by atoms with van der Waals surface area (Å²) in [6.07, 6.45) is 0.941. The normalized spacial score (nSPS) is 21.3. The first-order chi connectivity index (χ1) is 7.11. The van der Waals surface area contributed by atoms with Gasteiger partial charge in [-0.25, -0.2) is 0 Å². The van der Waals surface area contributed by atoms with E-state index >= 15 is 0 Å². The lowest BCUT2D eigenvalue weighted by Crippen LogP contribution is -2.30. The van der Waals surface area contributed by atoms with Gasteiger partial charge >= 0.3 is 0 Å². The zero-order valence-corrected chi connectivity index (χ0v) is 10.2. The maximum Gasteiger partial charge on any atom is 0.0842 e. The van der Waals surface area contributed by atoms with Crippen LogP contribution in [0.1, 0.15) is 13.3 Å². The molecule has 0 radical (unpaired) electrons. The monoisotopic (exact) mass is 220 g/mol. The molecule has 3 heteroatoms. The first-order valence-corrected chi connectivity index (χ1v) is 5.60. The highest BCUT2D eigenvalue weighted by molar-refractivity contribution is 7.80. The van der Waals surface area contributed by atoms with E-state index in [2.05, 4.69) is 48.0 Å². The smallest absolute Gasteiger partial charge is 0.0842 e. The van der Waals surface area contributed by atoms with Crippen molar-refractivity contribution in [3.63, 3.8) is 0 Å². The van der Waals surface area contributed by atoms with E-state index in [1.54, 1.807) is 0 Å². The molecule has 1 aliphatic heterocycles. The van der Waals surface area contributed by atoms with Crippen molar-refractivity contribution in [3.8, 4) is 0 Å². The van der Waals surface area contributed by atoms with Crippen molar-refractivity contribution in [2.24, 2.45) is 0 Å². The Balaban J connectivity index is 2.54. The van der Waals surface area contributed by atoms with Gasteiger partial charge in [0.1, 0.15) is 0 Å². The SMILES string of the molecule is C[C@H]1CC(=S)N(C)c2ccccc2N1C. The largest absolute Gasteiger partial charge is 0.370 e. The summed E-state index contributed by atoms with van der Waals surface area (Å²) in [6, 6.07) is 8.86. The third kappa shape index (κ3) is 1.72. The van der Waals surface area contributed by atoms with Gasteiger partial charge in [-0.2, -0.15) is 0 Å². The van der Waals surface area contributed by atoms with Crippen LogP contribution in [0.25, 0.3) is 0 Å². The standard InChI is InChI=1S/C12H16N2S/c1-9-8-12(15)14(3)11-7-5-4-6-10(11)13(9)2/h4-7,9H,8H2,1-3H3/t9-/m0/s1. The first kappa shape index (κ1) is 10.4. The molecule has 0 fully saturated rings. The van der Waals surface area contributed by atoms with Gasteiger partial charge in [0.05, 0.1) is 16.4 Å². The molecule has 0 saturated heterocycles. The average molecular weight is 220 g/mol. The van der Waals surface area contributed by atoms with Crippen LogP contribution in [0.2, 0.25) is 0 Å². The van der Waals surface area contributed by atoms with E-state index < -0.39 is 0 Å². The zero-order valence-electron chi connectivity index (χ0n) is 9.40. The Bertz CT molecular complexity index is 389. The van der Waals surface area contributed by atoms with Crippen LogP contribution in [0.4, 0.5) is 11.4 Å². The molecular weight excluding hydrogens is 204 g/mol. The Morgan fingerprint density at radius 3 is 2.47 bits per heavy atom. The van der Waals surface area contributed by atoms with Gasteiger partial charge in [0, 0.05) is 26.6 Å². The van der Waals surface area contributed by atoms with Crippen LogP contribution < -0.4 is 9.80 Å². The topological polar surface area (TPSA) is 6.48 Å². The molecule has 1 heterocycles. The van der Waals surface area contributed by atoms with Crippen LogP contribution in [0.3, 0.4) is 0 Å². The lowest BCUT2D eigenvalue weighted by molar-refractivity contribution is 0.721. The molecule has 1 aromatic rings. The minimum Gasteiger partial charge on any atom is -0.370 e. The highest BCUT2D eigenvalue weighted by atomic mass is 32.1. The van der Waals surface area contributed by atoms with Gasteiger partial charge in [0.15, 0.2) is 0 Å². The maximum atomic E-state index is 5.42. The predicted molar refractivity (Wildman–Crippen MR) is 69.9 cm³/mol. The van der Waals surface area contributed by atoms with Gasteiger partial charge in [-0.3, -0.25) is 0 Å². The fourth-order valence-electron chi connectivity index (χ4n) is 1.94. The van der Waals surface area contributed by atoms with E-state index in [4.69, 9.17) is 12.2 Å². The lowest BCUT2D eigenvalue weighted by Gasteiger charge is -2.25. The summed E-state index contributed by atoms with van der Waals surface area (Å²) in [7, 11) is 4.18. The van der Waals surface area contributed by atoms with Crippen LogP contribution in [0.5, 0.6) is 0 Å². The van der Waals surface area contributed by atoms with E-state index in [1.807, 2.05) is 7.05 Å². The molecule has 1 atom stereocenters. The number of nitrogens with zero attached hydrogens (tertiary/aromatic N) is 2. The molecule has 1 aromatic carbocycles. The summed E-state index contributed by atoms with van der Waals surface area (Å²) in [5.74, 6) is 0. The Hall–Kier alpha value is -1.09. The van der Waals surface area contributed by atoms with E-state index in [0.717, 1.165) is 11.4 Å². The second kappa shape index (κ2) is 3.81. The Kier molecular flexibility index (Phi) is 2.65. The zero-order chi connectivity index (χ0) is 11.0. The number of benzene rings is 1. The third-order valence-electron chi connectivity index (χ3n) is 3.13. The molecule has 0 unspecified atom stereocenters. The third-order valence-corrected chi connectivity index (χ3v) is 3.57. The Morgan fingerprint density at radius 1 is 1.20 bits per heavy atom. The summed E-state index contributed by atoms with van der Waals surface area (Å²) < 4.78 is 0. The summed E-state index contributed by atoms with van der Waals surface area (Å²) in [5.41, 5.74) is 2.46. The number of thiocarbonyl (C=S) groups is 1. The number of hydrogen-bond donors (Lipinski definition) is 0. The van der Waals surface area contributed by atoms with Gasteiger partial charge < -0.3 is 9.80 Å². The highest BCUT2D eigenvalue weighted by Crippen LogP contribution is 2.33. The minimum absolute atomic E-state index is 0.462. The second-order valence-corrected chi connectivity index (χ2v) is 4.58. The fourth-order valence-corrected chi connectivity index (χ4v) is 2.28. The van der Waals surface area contributed by atoms with E-state index in [-0.39, 0.29) is 0 Å². The molecule has 1 aliphatic rings. The molecule has 2 nitrogen and oxygen atoms in total. The average Bonchev–Trinajstić information content (AvgIpc) is 2.33. The molecule has 0 amide bonds. The lowest BCUT2D eigenvalue weighted by atomic mass is 10.2. The summed E-state index contributed by atoms with van der Waals surface area (Å²) >= 11 is 5.42. The van der Waals surface area contributed by atoms with Crippen molar-refractivity contribution in [3.05, 3.63) is 24.3 Å².